The first-order valence-electron chi connectivity index (χ1n) is 5.66. The zero-order chi connectivity index (χ0) is 12.9. The molecule has 0 saturated carbocycles. The smallest absolute Gasteiger partial charge is 0.319 e. The molecule has 2 nitrogen and oxygen atoms in total. The highest BCUT2D eigenvalue weighted by atomic mass is 19.4. The van der Waals surface area contributed by atoms with Gasteiger partial charge in [-0.25, -0.2) is 0 Å². The van der Waals surface area contributed by atoms with Crippen molar-refractivity contribution in [2.24, 2.45) is 5.92 Å². The summed E-state index contributed by atoms with van der Waals surface area (Å²) in [6.07, 6.45) is -4.13. The Morgan fingerprint density at radius 1 is 1.12 bits per heavy atom. The van der Waals surface area contributed by atoms with Gasteiger partial charge in [0.15, 0.2) is 0 Å². The van der Waals surface area contributed by atoms with Crippen molar-refractivity contribution in [2.75, 3.05) is 20.1 Å². The van der Waals surface area contributed by atoms with E-state index < -0.39 is 12.7 Å². The van der Waals surface area contributed by atoms with Crippen molar-refractivity contribution in [2.45, 2.75) is 46.0 Å². The first-order chi connectivity index (χ1) is 7.19. The Morgan fingerprint density at radius 3 is 1.94 bits per heavy atom. The van der Waals surface area contributed by atoms with Gasteiger partial charge in [0, 0.05) is 12.1 Å². The minimum Gasteiger partial charge on any atom is -0.319 e. The van der Waals surface area contributed by atoms with Gasteiger partial charge < -0.3 is 5.32 Å². The molecule has 5 heteroatoms. The van der Waals surface area contributed by atoms with Gasteiger partial charge in [-0.15, -0.1) is 0 Å². The summed E-state index contributed by atoms with van der Waals surface area (Å²) >= 11 is 0. The third-order valence-corrected chi connectivity index (χ3v) is 2.90. The standard InChI is InChI=1S/C11H23F3N2/c1-8(2)16(7-11(12,13)14)10(4)9(3)6-15-5/h8-10,15H,6-7H2,1-5H3. The fraction of sp³-hybridized carbons (Fsp3) is 1.00. The molecule has 0 amide bonds. The van der Waals surface area contributed by atoms with Crippen molar-refractivity contribution in [3.8, 4) is 0 Å². The average Bonchev–Trinajstić information content (AvgIpc) is 2.11. The van der Waals surface area contributed by atoms with Crippen molar-refractivity contribution >= 4 is 0 Å². The number of hydrogen-bond acceptors (Lipinski definition) is 2. The van der Waals surface area contributed by atoms with Crippen LogP contribution in [-0.2, 0) is 0 Å². The molecule has 2 atom stereocenters. The van der Waals surface area contributed by atoms with E-state index in [2.05, 4.69) is 5.32 Å². The predicted octanol–water partition coefficient (Wildman–Crippen LogP) is 2.50. The summed E-state index contributed by atoms with van der Waals surface area (Å²) in [5.41, 5.74) is 0. The highest BCUT2D eigenvalue weighted by molar-refractivity contribution is 4.78. The number of rotatable bonds is 6. The molecule has 16 heavy (non-hydrogen) atoms. The van der Waals surface area contributed by atoms with Gasteiger partial charge >= 0.3 is 6.18 Å². The molecule has 0 aromatic carbocycles. The summed E-state index contributed by atoms with van der Waals surface area (Å²) < 4.78 is 37.3. The lowest BCUT2D eigenvalue weighted by atomic mass is 10.0. The van der Waals surface area contributed by atoms with Crippen molar-refractivity contribution < 1.29 is 13.2 Å². The largest absolute Gasteiger partial charge is 0.401 e. The van der Waals surface area contributed by atoms with Crippen LogP contribution in [0, 0.1) is 5.92 Å². The minimum absolute atomic E-state index is 0.0888. The van der Waals surface area contributed by atoms with Crippen LogP contribution in [0.25, 0.3) is 0 Å². The summed E-state index contributed by atoms with van der Waals surface area (Å²) in [6, 6.07) is -0.190. The maximum atomic E-state index is 12.4. The van der Waals surface area contributed by atoms with Gasteiger partial charge in [0.05, 0.1) is 6.54 Å². The molecule has 0 bridgehead atoms. The first kappa shape index (κ1) is 15.7. The van der Waals surface area contributed by atoms with Gasteiger partial charge in [-0.1, -0.05) is 6.92 Å². The molecule has 98 valence electrons. The zero-order valence-electron chi connectivity index (χ0n) is 10.7. The highest BCUT2D eigenvalue weighted by Gasteiger charge is 2.35. The van der Waals surface area contributed by atoms with E-state index in [0.717, 1.165) is 6.54 Å². The molecular formula is C11H23F3N2. The quantitative estimate of drug-likeness (QED) is 0.767. The second-order valence-electron chi connectivity index (χ2n) is 4.66. The summed E-state index contributed by atoms with van der Waals surface area (Å²) in [7, 11) is 1.81. The minimum atomic E-state index is -4.13. The van der Waals surface area contributed by atoms with E-state index in [1.165, 1.54) is 4.90 Å². The maximum absolute atomic E-state index is 12.4. The molecule has 0 aliphatic rings. The van der Waals surface area contributed by atoms with Crippen molar-refractivity contribution in [1.29, 1.82) is 0 Å². The summed E-state index contributed by atoms with van der Waals surface area (Å²) in [6.45, 7) is 7.31. The van der Waals surface area contributed by atoms with Gasteiger partial charge in [-0.05, 0) is 40.3 Å². The number of halogens is 3. The van der Waals surface area contributed by atoms with Crippen molar-refractivity contribution in [3.63, 3.8) is 0 Å². The van der Waals surface area contributed by atoms with Crippen LogP contribution in [0.5, 0.6) is 0 Å². The zero-order valence-corrected chi connectivity index (χ0v) is 10.7. The van der Waals surface area contributed by atoms with Gasteiger partial charge in [0.25, 0.3) is 0 Å². The molecule has 0 radical (unpaired) electrons. The van der Waals surface area contributed by atoms with Crippen LogP contribution < -0.4 is 5.32 Å². The number of alkyl halides is 3. The van der Waals surface area contributed by atoms with E-state index in [4.69, 9.17) is 0 Å². The molecule has 0 aromatic heterocycles. The Balaban J connectivity index is 4.52. The Hall–Kier alpha value is -0.290. The van der Waals surface area contributed by atoms with Crippen LogP contribution in [0.3, 0.4) is 0 Å². The Morgan fingerprint density at radius 2 is 1.62 bits per heavy atom. The monoisotopic (exact) mass is 240 g/mol. The van der Waals surface area contributed by atoms with E-state index in [9.17, 15) is 13.2 Å². The van der Waals surface area contributed by atoms with Crippen LogP contribution in [0.1, 0.15) is 27.7 Å². The fourth-order valence-electron chi connectivity index (χ4n) is 1.82. The van der Waals surface area contributed by atoms with Crippen molar-refractivity contribution in [3.05, 3.63) is 0 Å². The highest BCUT2D eigenvalue weighted by Crippen LogP contribution is 2.22. The van der Waals surface area contributed by atoms with E-state index in [-0.39, 0.29) is 18.0 Å². The molecule has 1 N–H and O–H groups in total. The molecule has 0 saturated heterocycles. The van der Waals surface area contributed by atoms with E-state index >= 15 is 0 Å². The molecule has 0 aromatic rings. The number of nitrogens with zero attached hydrogens (tertiary/aromatic N) is 1. The lowest BCUT2D eigenvalue weighted by molar-refractivity contribution is -0.156. The molecular weight excluding hydrogens is 217 g/mol. The van der Waals surface area contributed by atoms with Gasteiger partial charge in [-0.2, -0.15) is 13.2 Å². The molecule has 0 rings (SSSR count). The first-order valence-corrected chi connectivity index (χ1v) is 5.66. The summed E-state index contributed by atoms with van der Waals surface area (Å²) in [5.74, 6) is 0.190. The van der Waals surface area contributed by atoms with Crippen LogP contribution in [0.4, 0.5) is 13.2 Å². The third kappa shape index (κ3) is 5.70. The summed E-state index contributed by atoms with van der Waals surface area (Å²) in [4.78, 5) is 1.50. The Bertz CT molecular complexity index is 192. The normalized spacial score (nSPS) is 16.9. The van der Waals surface area contributed by atoms with Gasteiger partial charge in [0.2, 0.25) is 0 Å². The van der Waals surface area contributed by atoms with Crippen LogP contribution in [-0.4, -0.2) is 43.3 Å². The van der Waals surface area contributed by atoms with Gasteiger partial charge in [-0.3, -0.25) is 4.90 Å². The number of hydrogen-bond donors (Lipinski definition) is 1. The lowest BCUT2D eigenvalue weighted by Gasteiger charge is -2.36. The van der Waals surface area contributed by atoms with E-state index in [1.807, 2.05) is 20.9 Å². The van der Waals surface area contributed by atoms with E-state index in [1.54, 1.807) is 13.8 Å². The molecule has 0 aliphatic carbocycles. The third-order valence-electron chi connectivity index (χ3n) is 2.90. The number of nitrogens with one attached hydrogen (secondary N) is 1. The Kier molecular flexibility index (Phi) is 6.33. The molecule has 0 aliphatic heterocycles. The maximum Gasteiger partial charge on any atom is 0.401 e. The van der Waals surface area contributed by atoms with Gasteiger partial charge in [0.1, 0.15) is 0 Å². The molecule has 2 unspecified atom stereocenters. The predicted molar refractivity (Wildman–Crippen MR) is 60.4 cm³/mol. The molecule has 0 heterocycles. The lowest BCUT2D eigenvalue weighted by Crippen LogP contribution is -2.48. The van der Waals surface area contributed by atoms with E-state index in [0.29, 0.717) is 0 Å². The summed E-state index contributed by atoms with van der Waals surface area (Å²) in [5, 5.41) is 3.00. The second kappa shape index (κ2) is 6.45. The molecule has 0 fully saturated rings. The average molecular weight is 240 g/mol. The van der Waals surface area contributed by atoms with Crippen LogP contribution in [0.15, 0.2) is 0 Å². The fourth-order valence-corrected chi connectivity index (χ4v) is 1.82. The second-order valence-corrected chi connectivity index (χ2v) is 4.66. The molecule has 0 spiro atoms. The Labute approximate surface area is 96.2 Å². The topological polar surface area (TPSA) is 15.3 Å². The SMILES string of the molecule is CNCC(C)C(C)N(CC(F)(F)F)C(C)C. The van der Waals surface area contributed by atoms with Crippen LogP contribution in [0.2, 0.25) is 0 Å². The van der Waals surface area contributed by atoms with Crippen LogP contribution >= 0.6 is 0 Å². The van der Waals surface area contributed by atoms with Crippen molar-refractivity contribution in [1.82, 2.24) is 10.2 Å².